The Morgan fingerprint density at radius 1 is 0.605 bits per heavy atom. The van der Waals surface area contributed by atoms with E-state index in [9.17, 15) is 0 Å². The molecule has 0 fully saturated rings. The van der Waals surface area contributed by atoms with Gasteiger partial charge in [-0.25, -0.2) is 0 Å². The van der Waals surface area contributed by atoms with Crippen molar-refractivity contribution in [2.75, 3.05) is 0 Å². The number of allylic oxidation sites excluding steroid dienone is 4. The van der Waals surface area contributed by atoms with E-state index in [1.807, 2.05) is 0 Å². The first-order chi connectivity index (χ1) is 17.5. The van der Waals surface area contributed by atoms with Gasteiger partial charge < -0.3 is 24.8 Å². The smallest absolute Gasteiger partial charge is 1.00 e. The third kappa shape index (κ3) is 5.21. The Hall–Kier alpha value is -2.48. The van der Waals surface area contributed by atoms with Crippen molar-refractivity contribution in [2.45, 2.75) is 38.3 Å². The number of fused-ring (bicyclic) bond motifs is 3. The molecule has 0 bridgehead atoms. The molecule has 0 spiro atoms. The van der Waals surface area contributed by atoms with Gasteiger partial charge in [-0.05, 0) is 0 Å². The molecular weight excluding hydrogens is 539 g/mol. The zero-order valence-electron chi connectivity index (χ0n) is 22.4. The summed E-state index contributed by atoms with van der Waals surface area (Å²) in [5, 5.41) is 0. The number of halogens is 2. The van der Waals surface area contributed by atoms with Crippen molar-refractivity contribution in [1.29, 1.82) is 0 Å². The zero-order valence-corrected chi connectivity index (χ0v) is 25.4. The van der Waals surface area contributed by atoms with Crippen LogP contribution in [0, 0.1) is 27.7 Å². The molecule has 190 valence electrons. The molecule has 0 aromatic heterocycles. The Balaban J connectivity index is 0.00000168. The second kappa shape index (κ2) is 11.7. The van der Waals surface area contributed by atoms with E-state index < -0.39 is 17.4 Å². The van der Waals surface area contributed by atoms with Crippen LogP contribution in [0.2, 0.25) is 0 Å². The van der Waals surface area contributed by atoms with Gasteiger partial charge >= 0.3 is 222 Å². The maximum atomic E-state index is 2.48. The largest absolute Gasteiger partial charge is 1.00 e. The fraction of sp³-hybridized carbons (Fsp3) is 0.171. The van der Waals surface area contributed by atoms with E-state index >= 15 is 0 Å². The van der Waals surface area contributed by atoms with E-state index in [-0.39, 0.29) is 24.8 Å². The summed E-state index contributed by atoms with van der Waals surface area (Å²) in [7, 11) is 0. The molecular formula is C35H32Cl2Ti. The summed E-state index contributed by atoms with van der Waals surface area (Å²) in [6.45, 7) is 8.86. The Morgan fingerprint density at radius 3 is 1.47 bits per heavy atom. The molecule has 3 heteroatoms. The molecule has 0 nitrogen and oxygen atoms in total. The first-order valence-electron chi connectivity index (χ1n) is 13.0. The monoisotopic (exact) mass is 570 g/mol. The van der Waals surface area contributed by atoms with Gasteiger partial charge in [-0.3, -0.25) is 0 Å². The van der Waals surface area contributed by atoms with E-state index in [1.165, 1.54) is 55.6 Å². The second-order valence-corrected chi connectivity index (χ2v) is 14.4. The maximum Gasteiger partial charge on any atom is -1.00 e. The van der Waals surface area contributed by atoms with Crippen molar-refractivity contribution in [3.05, 3.63) is 152 Å². The molecule has 4 aromatic carbocycles. The van der Waals surface area contributed by atoms with E-state index in [0.29, 0.717) is 4.22 Å². The van der Waals surface area contributed by atoms with E-state index in [0.717, 1.165) is 6.42 Å². The summed E-state index contributed by atoms with van der Waals surface area (Å²) >= 11 is -2.13. The minimum atomic E-state index is -2.13. The molecule has 0 saturated heterocycles. The van der Waals surface area contributed by atoms with Crippen molar-refractivity contribution in [2.24, 2.45) is 0 Å². The maximum absolute atomic E-state index is 2.48. The summed E-state index contributed by atoms with van der Waals surface area (Å²) in [5.74, 6) is 0. The van der Waals surface area contributed by atoms with Crippen LogP contribution in [0.3, 0.4) is 0 Å². The number of hydrogen-bond acceptors (Lipinski definition) is 0. The van der Waals surface area contributed by atoms with Gasteiger partial charge in [0.15, 0.2) is 0 Å². The second-order valence-electron chi connectivity index (χ2n) is 10.5. The number of aryl methyl sites for hydroxylation is 4. The first kappa shape index (κ1) is 28.5. The average Bonchev–Trinajstić information content (AvgIpc) is 3.50. The van der Waals surface area contributed by atoms with Crippen molar-refractivity contribution in [3.8, 4) is 11.1 Å². The third-order valence-electron chi connectivity index (χ3n) is 7.68. The predicted octanol–water partition coefficient (Wildman–Crippen LogP) is 2.73. The Morgan fingerprint density at radius 2 is 1.05 bits per heavy atom. The molecule has 0 heterocycles. The number of rotatable bonds is 4. The Kier molecular flexibility index (Phi) is 8.80. The van der Waals surface area contributed by atoms with Gasteiger partial charge in [-0.1, -0.05) is 0 Å². The van der Waals surface area contributed by atoms with Gasteiger partial charge in [0.25, 0.3) is 0 Å². The average molecular weight is 571 g/mol. The quantitative estimate of drug-likeness (QED) is 0.331. The Bertz CT molecular complexity index is 1470. The van der Waals surface area contributed by atoms with Crippen molar-refractivity contribution < 1.29 is 42.2 Å². The van der Waals surface area contributed by atoms with Crippen molar-refractivity contribution in [1.82, 2.24) is 0 Å². The molecule has 38 heavy (non-hydrogen) atoms. The van der Waals surface area contributed by atoms with Crippen LogP contribution in [0.4, 0.5) is 0 Å². The van der Waals surface area contributed by atoms with Gasteiger partial charge in [0.05, 0.1) is 0 Å². The zero-order chi connectivity index (χ0) is 24.8. The molecule has 0 unspecified atom stereocenters. The third-order valence-corrected chi connectivity index (χ3v) is 13.0. The molecule has 0 amide bonds. The summed E-state index contributed by atoms with van der Waals surface area (Å²) in [4.78, 5) is 0. The summed E-state index contributed by atoms with van der Waals surface area (Å²) in [6, 6.07) is 32.9. The normalized spacial score (nSPS) is 13.0. The van der Waals surface area contributed by atoms with E-state index in [4.69, 9.17) is 0 Å². The van der Waals surface area contributed by atoms with Gasteiger partial charge in [0.1, 0.15) is 0 Å². The van der Waals surface area contributed by atoms with E-state index in [2.05, 4.69) is 131 Å². The van der Waals surface area contributed by atoms with Crippen LogP contribution in [-0.2, 0) is 17.4 Å². The van der Waals surface area contributed by atoms with Crippen molar-refractivity contribution >= 4 is 3.81 Å². The fourth-order valence-corrected chi connectivity index (χ4v) is 11.6. The standard InChI is InChI=1S/C15H13.C15H14.C5H5.2ClH.Ti/c1-10-3-5-14-12(7-10)9-13-8-11(2)4-6-15(13)14;1-12-3-7-14(8-4-12)11-15-9-5-13(2)6-10-15;1-2-4-5-3-1;;;/h3-9H,1-2H3;3-10H,1-2H3;1-3H,4H2;2*1H;/q;;;;;+2/p-2. The molecule has 0 saturated carbocycles. The van der Waals surface area contributed by atoms with Crippen LogP contribution < -0.4 is 24.8 Å². The molecule has 2 aliphatic rings. The van der Waals surface area contributed by atoms with Crippen LogP contribution in [-0.4, -0.2) is 3.81 Å². The molecule has 2 aliphatic carbocycles. The van der Waals surface area contributed by atoms with Crippen molar-refractivity contribution in [3.63, 3.8) is 0 Å². The Labute approximate surface area is 245 Å². The topological polar surface area (TPSA) is 0 Å². The van der Waals surface area contributed by atoms with Gasteiger partial charge in [-0.15, -0.1) is 0 Å². The van der Waals surface area contributed by atoms with Gasteiger partial charge in [-0.2, -0.15) is 0 Å². The minimum absolute atomic E-state index is 0. The molecule has 4 aromatic rings. The van der Waals surface area contributed by atoms with Crippen LogP contribution in [0.1, 0.15) is 55.2 Å². The van der Waals surface area contributed by atoms with E-state index in [1.54, 1.807) is 7.69 Å². The first-order valence-corrected chi connectivity index (χ1v) is 15.4. The number of hydrogen-bond donors (Lipinski definition) is 0. The molecule has 0 radical (unpaired) electrons. The molecule has 0 N–H and O–H groups in total. The summed E-state index contributed by atoms with van der Waals surface area (Å²) in [6.07, 6.45) is 8.16. The molecule has 6 rings (SSSR count). The van der Waals surface area contributed by atoms with Crippen LogP contribution in [0.25, 0.3) is 11.1 Å². The predicted molar refractivity (Wildman–Crippen MR) is 151 cm³/mol. The fourth-order valence-electron chi connectivity index (χ4n) is 5.87. The van der Waals surface area contributed by atoms with Gasteiger partial charge in [0, 0.05) is 0 Å². The SMILES string of the molecule is Cc1ccc([C](c2ccc(C)cc2)=[Ti+2]([C]2=CC=CC2)[CH]2c3cc(C)ccc3-c3ccc(C)cc32)cc1.[Cl-].[Cl-]. The molecule has 0 aliphatic heterocycles. The summed E-state index contributed by atoms with van der Waals surface area (Å²) in [5.41, 5.74) is 14.1. The minimum Gasteiger partial charge on any atom is -1.00 e. The molecule has 0 atom stereocenters. The number of benzene rings is 4. The summed E-state index contributed by atoms with van der Waals surface area (Å²) < 4.78 is 3.70. The van der Waals surface area contributed by atoms with Crippen LogP contribution >= 0.6 is 0 Å². The van der Waals surface area contributed by atoms with Crippen LogP contribution in [0.15, 0.2) is 107 Å². The van der Waals surface area contributed by atoms with Crippen LogP contribution in [0.5, 0.6) is 0 Å². The van der Waals surface area contributed by atoms with Gasteiger partial charge in [0.2, 0.25) is 0 Å².